The summed E-state index contributed by atoms with van der Waals surface area (Å²) in [5, 5.41) is 12.3. The monoisotopic (exact) mass is 445 g/mol. The number of alkyl halides is 2. The Balaban J connectivity index is 1.68. The van der Waals surface area contributed by atoms with E-state index in [4.69, 9.17) is 4.74 Å². The number of aromatic nitrogens is 3. The van der Waals surface area contributed by atoms with Crippen LogP contribution in [0.5, 0.6) is 0 Å². The molecule has 0 spiro atoms. The lowest BCUT2D eigenvalue weighted by Gasteiger charge is -2.33. The van der Waals surface area contributed by atoms with Gasteiger partial charge < -0.3 is 15.0 Å². The Kier molecular flexibility index (Phi) is 6.45. The number of anilines is 2. The summed E-state index contributed by atoms with van der Waals surface area (Å²) in [6.07, 6.45) is 1.14. The quantitative estimate of drug-likeness (QED) is 0.563. The SMILES string of the molecule is COC1CCCN(c2cnc3c(C)nnc(N[C@H](C)c4cccc(C(F)F)c4F)c3c2)C1. The minimum Gasteiger partial charge on any atom is -0.380 e. The van der Waals surface area contributed by atoms with E-state index in [-0.39, 0.29) is 11.7 Å². The maximum absolute atomic E-state index is 14.6. The number of nitrogens with zero attached hydrogens (tertiary/aromatic N) is 4. The lowest BCUT2D eigenvalue weighted by atomic mass is 10.0. The van der Waals surface area contributed by atoms with Gasteiger partial charge in [0.05, 0.1) is 40.8 Å². The second-order valence-electron chi connectivity index (χ2n) is 8.09. The molecular weight excluding hydrogens is 419 g/mol. The molecule has 3 aromatic rings. The summed E-state index contributed by atoms with van der Waals surface area (Å²) in [5.41, 5.74) is 1.82. The van der Waals surface area contributed by atoms with Gasteiger partial charge in [0.2, 0.25) is 0 Å². The molecule has 32 heavy (non-hydrogen) atoms. The average molecular weight is 445 g/mol. The standard InChI is InChI=1S/C23H26F3N5O/c1-13(17-7-4-8-18(20(17)24)22(25)26)28-23-19-10-15(11-27-21(19)14(2)29-30-23)31-9-5-6-16(12-31)32-3/h4,7-8,10-11,13,16,22H,5-6,9,12H2,1-3H3,(H,28,30)/t13-,16?/m1/s1. The molecule has 6 nitrogen and oxygen atoms in total. The first kappa shape index (κ1) is 22.3. The van der Waals surface area contributed by atoms with Gasteiger partial charge in [0.25, 0.3) is 6.43 Å². The summed E-state index contributed by atoms with van der Waals surface area (Å²) in [6.45, 7) is 5.19. The van der Waals surface area contributed by atoms with Crippen molar-refractivity contribution >= 4 is 22.4 Å². The van der Waals surface area contributed by atoms with Gasteiger partial charge in [0, 0.05) is 31.1 Å². The first-order valence-electron chi connectivity index (χ1n) is 10.6. The zero-order chi connectivity index (χ0) is 22.8. The maximum Gasteiger partial charge on any atom is 0.266 e. The molecule has 1 fully saturated rings. The van der Waals surface area contributed by atoms with Crippen molar-refractivity contribution in [2.75, 3.05) is 30.4 Å². The number of hydrogen-bond donors (Lipinski definition) is 1. The van der Waals surface area contributed by atoms with Gasteiger partial charge >= 0.3 is 0 Å². The van der Waals surface area contributed by atoms with Crippen LogP contribution in [0.25, 0.3) is 10.9 Å². The smallest absolute Gasteiger partial charge is 0.266 e. The molecular formula is C23H26F3N5O. The first-order valence-corrected chi connectivity index (χ1v) is 10.6. The Labute approximate surface area is 184 Å². The van der Waals surface area contributed by atoms with Crippen LogP contribution in [0.4, 0.5) is 24.7 Å². The van der Waals surface area contributed by atoms with Crippen LogP contribution in [0.1, 0.15) is 49.1 Å². The number of ether oxygens (including phenoxy) is 1. The zero-order valence-electron chi connectivity index (χ0n) is 18.3. The van der Waals surface area contributed by atoms with Gasteiger partial charge in [-0.05, 0) is 32.8 Å². The molecule has 4 rings (SSSR count). The Morgan fingerprint density at radius 3 is 2.75 bits per heavy atom. The van der Waals surface area contributed by atoms with Crippen LogP contribution in [0.15, 0.2) is 30.5 Å². The summed E-state index contributed by atoms with van der Waals surface area (Å²) < 4.78 is 46.4. The number of rotatable bonds is 6. The van der Waals surface area contributed by atoms with E-state index < -0.39 is 23.8 Å². The molecule has 3 heterocycles. The molecule has 1 aliphatic rings. The van der Waals surface area contributed by atoms with Gasteiger partial charge in [-0.15, -0.1) is 5.10 Å². The molecule has 1 saturated heterocycles. The first-order chi connectivity index (χ1) is 15.4. The highest BCUT2D eigenvalue weighted by atomic mass is 19.3. The van der Waals surface area contributed by atoms with Crippen molar-refractivity contribution in [2.24, 2.45) is 0 Å². The van der Waals surface area contributed by atoms with Gasteiger partial charge in [-0.3, -0.25) is 4.98 Å². The molecule has 2 aromatic heterocycles. The van der Waals surface area contributed by atoms with E-state index in [1.165, 1.54) is 12.1 Å². The third kappa shape index (κ3) is 4.34. The Morgan fingerprint density at radius 2 is 2.00 bits per heavy atom. The number of aryl methyl sites for hydroxylation is 1. The number of nitrogens with one attached hydrogen (secondary N) is 1. The molecule has 0 saturated carbocycles. The maximum atomic E-state index is 14.6. The van der Waals surface area contributed by atoms with E-state index in [1.54, 1.807) is 14.0 Å². The van der Waals surface area contributed by atoms with Crippen molar-refractivity contribution in [3.63, 3.8) is 0 Å². The topological polar surface area (TPSA) is 63.2 Å². The van der Waals surface area contributed by atoms with Crippen molar-refractivity contribution in [3.8, 4) is 0 Å². The minimum atomic E-state index is -2.88. The van der Waals surface area contributed by atoms with E-state index in [1.807, 2.05) is 19.2 Å². The highest BCUT2D eigenvalue weighted by Crippen LogP contribution is 2.32. The Hall–Kier alpha value is -2.94. The number of halogens is 3. The molecule has 1 aromatic carbocycles. The van der Waals surface area contributed by atoms with E-state index in [0.717, 1.165) is 43.1 Å². The van der Waals surface area contributed by atoms with E-state index >= 15 is 0 Å². The van der Waals surface area contributed by atoms with Gasteiger partial charge in [-0.25, -0.2) is 13.2 Å². The predicted octanol–water partition coefficient (Wildman–Crippen LogP) is 5.20. The molecule has 0 bridgehead atoms. The Bertz CT molecular complexity index is 1110. The summed E-state index contributed by atoms with van der Waals surface area (Å²) in [6, 6.07) is 5.40. The van der Waals surface area contributed by atoms with Gasteiger partial charge in [0.1, 0.15) is 5.82 Å². The highest BCUT2D eigenvalue weighted by molar-refractivity contribution is 5.92. The van der Waals surface area contributed by atoms with Crippen LogP contribution in [0, 0.1) is 12.7 Å². The molecule has 0 aliphatic carbocycles. The fourth-order valence-electron chi connectivity index (χ4n) is 4.15. The van der Waals surface area contributed by atoms with Crippen molar-refractivity contribution < 1.29 is 17.9 Å². The number of hydrogen-bond acceptors (Lipinski definition) is 6. The molecule has 1 aliphatic heterocycles. The van der Waals surface area contributed by atoms with Crippen LogP contribution in [0.2, 0.25) is 0 Å². The molecule has 9 heteroatoms. The third-order valence-corrected chi connectivity index (χ3v) is 5.96. The molecule has 1 N–H and O–H groups in total. The fraction of sp³-hybridized carbons (Fsp3) is 0.435. The van der Waals surface area contributed by atoms with E-state index in [2.05, 4.69) is 25.4 Å². The predicted molar refractivity (Wildman–Crippen MR) is 118 cm³/mol. The number of fused-ring (bicyclic) bond motifs is 1. The fourth-order valence-corrected chi connectivity index (χ4v) is 4.15. The lowest BCUT2D eigenvalue weighted by Crippen LogP contribution is -2.39. The zero-order valence-corrected chi connectivity index (χ0v) is 18.3. The largest absolute Gasteiger partial charge is 0.380 e. The van der Waals surface area contributed by atoms with Crippen molar-refractivity contribution in [1.29, 1.82) is 0 Å². The van der Waals surface area contributed by atoms with Crippen molar-refractivity contribution in [1.82, 2.24) is 15.2 Å². The number of pyridine rings is 1. The molecule has 0 amide bonds. The molecule has 2 atom stereocenters. The summed E-state index contributed by atoms with van der Waals surface area (Å²) in [4.78, 5) is 6.83. The number of piperidine rings is 1. The van der Waals surface area contributed by atoms with E-state index in [9.17, 15) is 13.2 Å². The third-order valence-electron chi connectivity index (χ3n) is 5.96. The van der Waals surface area contributed by atoms with Crippen LogP contribution in [0.3, 0.4) is 0 Å². The van der Waals surface area contributed by atoms with Gasteiger partial charge in [-0.1, -0.05) is 18.2 Å². The minimum absolute atomic E-state index is 0.140. The molecule has 170 valence electrons. The van der Waals surface area contributed by atoms with Gasteiger partial charge in [-0.2, -0.15) is 5.10 Å². The van der Waals surface area contributed by atoms with Crippen molar-refractivity contribution in [3.05, 3.63) is 53.1 Å². The number of methoxy groups -OCH3 is 1. The van der Waals surface area contributed by atoms with Gasteiger partial charge in [0.15, 0.2) is 5.82 Å². The van der Waals surface area contributed by atoms with Crippen molar-refractivity contribution in [2.45, 2.75) is 45.3 Å². The molecule has 1 unspecified atom stereocenters. The summed E-state index contributed by atoms with van der Waals surface area (Å²) in [7, 11) is 1.72. The summed E-state index contributed by atoms with van der Waals surface area (Å²) in [5.74, 6) is -0.487. The van der Waals surface area contributed by atoms with Crippen LogP contribution >= 0.6 is 0 Å². The second kappa shape index (κ2) is 9.28. The van der Waals surface area contributed by atoms with Crippen LogP contribution in [-0.4, -0.2) is 41.5 Å². The van der Waals surface area contributed by atoms with Crippen LogP contribution in [-0.2, 0) is 4.74 Å². The lowest BCUT2D eigenvalue weighted by molar-refractivity contribution is 0.0893. The number of benzene rings is 1. The molecule has 0 radical (unpaired) electrons. The summed E-state index contributed by atoms with van der Waals surface area (Å²) >= 11 is 0. The highest BCUT2D eigenvalue weighted by Gasteiger charge is 2.23. The van der Waals surface area contributed by atoms with E-state index in [0.29, 0.717) is 17.0 Å². The average Bonchev–Trinajstić information content (AvgIpc) is 2.80. The van der Waals surface area contributed by atoms with Crippen LogP contribution < -0.4 is 10.2 Å². The Morgan fingerprint density at radius 1 is 1.22 bits per heavy atom. The normalized spacial score (nSPS) is 17.7. The second-order valence-corrected chi connectivity index (χ2v) is 8.09.